The Morgan fingerprint density at radius 1 is 1.47 bits per heavy atom. The van der Waals surface area contributed by atoms with Crippen LogP contribution in [0.4, 0.5) is 4.39 Å². The number of halogens is 2. The second-order valence-electron chi connectivity index (χ2n) is 5.20. The molecular weight excluding hydrogens is 309 g/mol. The second kappa shape index (κ2) is 7.15. The molecule has 1 fully saturated rings. The number of nitrogens with one attached hydrogen (secondary N) is 1. The Balaban J connectivity index is 1.81. The average Bonchev–Trinajstić information content (AvgIpc) is 2.42. The van der Waals surface area contributed by atoms with Gasteiger partial charge in [0.05, 0.1) is 0 Å². The molecule has 1 aliphatic rings. The fourth-order valence-corrected chi connectivity index (χ4v) is 2.92. The molecule has 1 aromatic rings. The highest BCUT2D eigenvalue weighted by molar-refractivity contribution is 9.10. The van der Waals surface area contributed by atoms with Gasteiger partial charge in [0.15, 0.2) is 0 Å². The summed E-state index contributed by atoms with van der Waals surface area (Å²) in [7, 11) is 0. The lowest BCUT2D eigenvalue weighted by Gasteiger charge is -2.22. The summed E-state index contributed by atoms with van der Waals surface area (Å²) < 4.78 is 14.4. The molecule has 2 nitrogen and oxygen atoms in total. The van der Waals surface area contributed by atoms with Crippen molar-refractivity contribution in [3.05, 3.63) is 34.1 Å². The van der Waals surface area contributed by atoms with Gasteiger partial charge in [-0.15, -0.1) is 0 Å². The number of hydrogen-bond donors (Lipinski definition) is 1. The van der Waals surface area contributed by atoms with Crippen LogP contribution in [0.15, 0.2) is 22.7 Å². The number of ketones is 1. The molecule has 4 heteroatoms. The highest BCUT2D eigenvalue weighted by Crippen LogP contribution is 2.19. The van der Waals surface area contributed by atoms with Crippen molar-refractivity contribution in [3.8, 4) is 0 Å². The minimum Gasteiger partial charge on any atom is -0.316 e. The Morgan fingerprint density at radius 2 is 2.32 bits per heavy atom. The smallest absolute Gasteiger partial charge is 0.137 e. The van der Waals surface area contributed by atoms with Crippen LogP contribution in [0.2, 0.25) is 0 Å². The van der Waals surface area contributed by atoms with E-state index in [0.717, 1.165) is 24.0 Å². The number of carbonyl (C=O) groups is 1. The molecule has 19 heavy (non-hydrogen) atoms. The number of benzene rings is 1. The van der Waals surface area contributed by atoms with Crippen molar-refractivity contribution in [2.24, 2.45) is 5.92 Å². The molecule has 1 N–H and O–H groups in total. The molecule has 104 valence electrons. The van der Waals surface area contributed by atoms with Gasteiger partial charge >= 0.3 is 0 Å². The normalized spacial score (nSPS) is 19.4. The van der Waals surface area contributed by atoms with E-state index in [2.05, 4.69) is 21.2 Å². The predicted molar refractivity (Wildman–Crippen MR) is 77.6 cm³/mol. The van der Waals surface area contributed by atoms with Crippen LogP contribution in [0.5, 0.6) is 0 Å². The average molecular weight is 328 g/mol. The van der Waals surface area contributed by atoms with Crippen LogP contribution in [-0.4, -0.2) is 18.9 Å². The summed E-state index contributed by atoms with van der Waals surface area (Å²) in [6.07, 6.45) is 4.07. The molecule has 1 aliphatic heterocycles. The Morgan fingerprint density at radius 3 is 3.05 bits per heavy atom. The summed E-state index contributed by atoms with van der Waals surface area (Å²) in [5.41, 5.74) is 0.487. The highest BCUT2D eigenvalue weighted by atomic mass is 79.9. The number of carbonyl (C=O) groups excluding carboxylic acids is 1. The zero-order valence-electron chi connectivity index (χ0n) is 10.9. The predicted octanol–water partition coefficient (Wildman–Crippen LogP) is 3.48. The molecule has 0 amide bonds. The highest BCUT2D eigenvalue weighted by Gasteiger charge is 2.15. The molecule has 0 aliphatic carbocycles. The molecule has 1 atom stereocenters. The second-order valence-corrected chi connectivity index (χ2v) is 6.12. The van der Waals surface area contributed by atoms with Gasteiger partial charge in [-0.05, 0) is 62.0 Å². The molecule has 1 aromatic carbocycles. The Labute approximate surface area is 121 Å². The Kier molecular flexibility index (Phi) is 5.52. The van der Waals surface area contributed by atoms with Gasteiger partial charge in [-0.3, -0.25) is 4.79 Å². The molecule has 1 unspecified atom stereocenters. The van der Waals surface area contributed by atoms with Crippen LogP contribution < -0.4 is 5.32 Å². The van der Waals surface area contributed by atoms with Gasteiger partial charge in [0.1, 0.15) is 11.6 Å². The van der Waals surface area contributed by atoms with Crippen LogP contribution in [0.25, 0.3) is 0 Å². The maximum absolute atomic E-state index is 13.5. The van der Waals surface area contributed by atoms with Crippen molar-refractivity contribution in [1.29, 1.82) is 0 Å². The van der Waals surface area contributed by atoms with Crippen LogP contribution >= 0.6 is 15.9 Å². The van der Waals surface area contributed by atoms with Crippen molar-refractivity contribution in [2.75, 3.05) is 13.1 Å². The summed E-state index contributed by atoms with van der Waals surface area (Å²) in [6.45, 7) is 2.10. The third-order valence-electron chi connectivity index (χ3n) is 3.63. The third-order valence-corrected chi connectivity index (χ3v) is 4.12. The van der Waals surface area contributed by atoms with Crippen molar-refractivity contribution < 1.29 is 9.18 Å². The Bertz CT molecular complexity index is 444. The van der Waals surface area contributed by atoms with Crippen molar-refractivity contribution in [1.82, 2.24) is 5.32 Å². The Hall–Kier alpha value is -0.740. The van der Waals surface area contributed by atoms with Crippen molar-refractivity contribution in [3.63, 3.8) is 0 Å². The van der Waals surface area contributed by atoms with E-state index in [0.29, 0.717) is 17.9 Å². The van der Waals surface area contributed by atoms with E-state index >= 15 is 0 Å². The van der Waals surface area contributed by atoms with E-state index in [9.17, 15) is 9.18 Å². The molecule has 1 saturated heterocycles. The molecule has 1 heterocycles. The maximum atomic E-state index is 13.5. The lowest BCUT2D eigenvalue weighted by molar-refractivity contribution is -0.118. The molecular formula is C15H19BrFNO. The molecule has 2 rings (SSSR count). The topological polar surface area (TPSA) is 29.1 Å². The van der Waals surface area contributed by atoms with Gasteiger partial charge in [-0.25, -0.2) is 4.39 Å². The van der Waals surface area contributed by atoms with Gasteiger partial charge in [-0.2, -0.15) is 0 Å². The number of piperidine rings is 1. The van der Waals surface area contributed by atoms with E-state index in [1.807, 2.05) is 0 Å². The van der Waals surface area contributed by atoms with Crippen LogP contribution in [0.3, 0.4) is 0 Å². The first-order valence-corrected chi connectivity index (χ1v) is 7.61. The van der Waals surface area contributed by atoms with Crippen LogP contribution in [-0.2, 0) is 11.2 Å². The summed E-state index contributed by atoms with van der Waals surface area (Å²) in [5.74, 6) is 0.434. The minimum atomic E-state index is -0.295. The molecule has 0 bridgehead atoms. The van der Waals surface area contributed by atoms with E-state index in [1.165, 1.54) is 18.9 Å². The minimum absolute atomic E-state index is 0.127. The molecule has 0 aromatic heterocycles. The summed E-state index contributed by atoms with van der Waals surface area (Å²) in [6, 6.07) is 4.74. The maximum Gasteiger partial charge on any atom is 0.137 e. The van der Waals surface area contributed by atoms with Gasteiger partial charge in [0.2, 0.25) is 0 Å². The van der Waals surface area contributed by atoms with Crippen LogP contribution in [0.1, 0.15) is 31.2 Å². The van der Waals surface area contributed by atoms with Crippen molar-refractivity contribution >= 4 is 21.7 Å². The standard InChI is InChI=1S/C15H19BrFNO/c16-13-4-6-15(17)12(8-13)9-14(19)5-3-11-2-1-7-18-10-11/h4,6,8,11,18H,1-3,5,7,9-10H2. The summed E-state index contributed by atoms with van der Waals surface area (Å²) >= 11 is 3.30. The lowest BCUT2D eigenvalue weighted by atomic mass is 9.92. The van der Waals surface area contributed by atoms with Gasteiger partial charge in [-0.1, -0.05) is 15.9 Å². The lowest BCUT2D eigenvalue weighted by Crippen LogP contribution is -2.30. The van der Waals surface area contributed by atoms with E-state index < -0.39 is 0 Å². The van der Waals surface area contributed by atoms with E-state index in [-0.39, 0.29) is 18.0 Å². The first kappa shape index (κ1) is 14.7. The van der Waals surface area contributed by atoms with Crippen molar-refractivity contribution in [2.45, 2.75) is 32.1 Å². The fourth-order valence-electron chi connectivity index (χ4n) is 2.52. The first-order valence-electron chi connectivity index (χ1n) is 6.81. The van der Waals surface area contributed by atoms with Gasteiger partial charge < -0.3 is 5.32 Å². The van der Waals surface area contributed by atoms with Gasteiger partial charge in [0, 0.05) is 17.3 Å². The zero-order valence-corrected chi connectivity index (χ0v) is 12.5. The molecule has 0 saturated carbocycles. The zero-order chi connectivity index (χ0) is 13.7. The van der Waals surface area contributed by atoms with E-state index in [4.69, 9.17) is 0 Å². The first-order chi connectivity index (χ1) is 9.15. The SMILES string of the molecule is O=C(CCC1CCCNC1)Cc1cc(Br)ccc1F. The third kappa shape index (κ3) is 4.69. The molecule has 0 radical (unpaired) electrons. The quantitative estimate of drug-likeness (QED) is 0.897. The monoisotopic (exact) mass is 327 g/mol. The largest absolute Gasteiger partial charge is 0.316 e. The molecule has 0 spiro atoms. The summed E-state index contributed by atoms with van der Waals surface area (Å²) in [5, 5.41) is 3.35. The number of rotatable bonds is 5. The van der Waals surface area contributed by atoms with Crippen LogP contribution in [0, 0.1) is 11.7 Å². The number of hydrogen-bond acceptors (Lipinski definition) is 2. The number of Topliss-reactive ketones (excluding diaryl/α,β-unsaturated/α-hetero) is 1. The van der Waals surface area contributed by atoms with E-state index in [1.54, 1.807) is 12.1 Å². The summed E-state index contributed by atoms with van der Waals surface area (Å²) in [4.78, 5) is 11.9. The fraction of sp³-hybridized carbons (Fsp3) is 0.533. The van der Waals surface area contributed by atoms with Gasteiger partial charge in [0.25, 0.3) is 0 Å².